The van der Waals surface area contributed by atoms with E-state index in [1.54, 1.807) is 12.4 Å². The first-order valence-electron chi connectivity index (χ1n) is 8.87. The molecule has 7 heteroatoms. The Morgan fingerprint density at radius 1 is 1.26 bits per heavy atom. The van der Waals surface area contributed by atoms with Crippen LogP contribution in [0.2, 0.25) is 0 Å². The fourth-order valence-corrected chi connectivity index (χ4v) is 2.96. The van der Waals surface area contributed by atoms with Gasteiger partial charge in [0.25, 0.3) is 0 Å². The Hall–Kier alpha value is -3.06. The number of aromatic nitrogens is 4. The van der Waals surface area contributed by atoms with Crippen molar-refractivity contribution in [2.45, 2.75) is 19.4 Å². The molecule has 0 aliphatic heterocycles. The largest absolute Gasteiger partial charge is 0.354 e. The summed E-state index contributed by atoms with van der Waals surface area (Å²) < 4.78 is 0. The van der Waals surface area contributed by atoms with Gasteiger partial charge < -0.3 is 5.32 Å². The van der Waals surface area contributed by atoms with Gasteiger partial charge in [-0.25, -0.2) is 4.98 Å². The van der Waals surface area contributed by atoms with Crippen LogP contribution in [0.15, 0.2) is 48.8 Å². The monoisotopic (exact) mass is 364 g/mol. The van der Waals surface area contributed by atoms with Gasteiger partial charge in [0.2, 0.25) is 5.91 Å². The van der Waals surface area contributed by atoms with Crippen LogP contribution in [0.3, 0.4) is 0 Å². The lowest BCUT2D eigenvalue weighted by atomic mass is 10.0. The van der Waals surface area contributed by atoms with E-state index < -0.39 is 0 Å². The van der Waals surface area contributed by atoms with Crippen molar-refractivity contribution in [3.8, 4) is 11.4 Å². The average Bonchev–Trinajstić information content (AvgIpc) is 3.11. The first-order valence-corrected chi connectivity index (χ1v) is 8.87. The van der Waals surface area contributed by atoms with Crippen LogP contribution >= 0.6 is 0 Å². The number of likely N-dealkylation sites (N-methyl/N-ethyl adjacent to an activating group) is 1. The molecule has 2 N–H and O–H groups in total. The summed E-state index contributed by atoms with van der Waals surface area (Å²) in [6.07, 6.45) is 4.01. The molecular formula is C20H24N6O. The molecule has 27 heavy (non-hydrogen) atoms. The number of carbonyl (C=O) groups is 1. The van der Waals surface area contributed by atoms with Crippen molar-refractivity contribution in [3.05, 3.63) is 65.7 Å². The second-order valence-corrected chi connectivity index (χ2v) is 6.67. The van der Waals surface area contributed by atoms with Gasteiger partial charge in [-0.2, -0.15) is 5.10 Å². The summed E-state index contributed by atoms with van der Waals surface area (Å²) >= 11 is 0. The molecule has 0 spiro atoms. The number of nitrogens with one attached hydrogen (secondary N) is 2. The highest BCUT2D eigenvalue weighted by Gasteiger charge is 2.22. The zero-order chi connectivity index (χ0) is 19.2. The summed E-state index contributed by atoms with van der Waals surface area (Å²) in [7, 11) is 3.81. The number of carbonyl (C=O) groups excluding carboxylic acids is 1. The quantitative estimate of drug-likeness (QED) is 0.671. The van der Waals surface area contributed by atoms with E-state index in [0.717, 1.165) is 22.5 Å². The summed E-state index contributed by atoms with van der Waals surface area (Å²) in [4.78, 5) is 23.2. The van der Waals surface area contributed by atoms with Crippen molar-refractivity contribution in [2.75, 3.05) is 20.6 Å². The molecular weight excluding hydrogens is 340 g/mol. The lowest BCUT2D eigenvalue weighted by molar-refractivity contribution is -0.125. The van der Waals surface area contributed by atoms with E-state index in [-0.39, 0.29) is 11.9 Å². The number of hydrogen-bond donors (Lipinski definition) is 2. The van der Waals surface area contributed by atoms with Crippen LogP contribution < -0.4 is 5.32 Å². The van der Waals surface area contributed by atoms with Crippen LogP contribution in [-0.2, 0) is 11.2 Å². The molecule has 0 saturated heterocycles. The maximum atomic E-state index is 12.7. The fraction of sp³-hybridized carbons (Fsp3) is 0.300. The third kappa shape index (κ3) is 4.77. The number of amides is 1. The SMILES string of the molecule is Cc1cccc(C(C(=O)NCCc2nc(-c3cccnc3)n[nH]2)N(C)C)c1. The smallest absolute Gasteiger partial charge is 0.241 e. The number of H-pyrrole nitrogens is 1. The summed E-state index contributed by atoms with van der Waals surface area (Å²) in [5.74, 6) is 1.30. The van der Waals surface area contributed by atoms with Crippen LogP contribution in [0.1, 0.15) is 23.0 Å². The van der Waals surface area contributed by atoms with Crippen LogP contribution in [0.4, 0.5) is 0 Å². The van der Waals surface area contributed by atoms with E-state index in [1.807, 2.05) is 62.3 Å². The third-order valence-electron chi connectivity index (χ3n) is 4.24. The van der Waals surface area contributed by atoms with E-state index in [4.69, 9.17) is 0 Å². The molecule has 7 nitrogen and oxygen atoms in total. The molecule has 1 atom stereocenters. The van der Waals surface area contributed by atoms with Gasteiger partial charge in [0.05, 0.1) is 0 Å². The Bertz CT molecular complexity index is 890. The minimum atomic E-state index is -0.328. The number of nitrogens with zero attached hydrogens (tertiary/aromatic N) is 4. The highest BCUT2D eigenvalue weighted by molar-refractivity contribution is 5.83. The highest BCUT2D eigenvalue weighted by atomic mass is 16.2. The summed E-state index contributed by atoms with van der Waals surface area (Å²) in [5.41, 5.74) is 2.98. The van der Waals surface area contributed by atoms with Gasteiger partial charge in [0.15, 0.2) is 5.82 Å². The standard InChI is InChI=1S/C20H24N6O/c1-14-6-4-7-15(12-14)18(26(2)3)20(27)22-11-9-17-23-19(25-24-17)16-8-5-10-21-13-16/h4-8,10,12-13,18H,9,11H2,1-3H3,(H,22,27)(H,23,24,25). The number of aryl methyl sites for hydroxylation is 1. The second-order valence-electron chi connectivity index (χ2n) is 6.67. The third-order valence-corrected chi connectivity index (χ3v) is 4.24. The maximum absolute atomic E-state index is 12.7. The normalized spacial score (nSPS) is 12.1. The van der Waals surface area contributed by atoms with E-state index in [1.165, 1.54) is 0 Å². The number of rotatable bonds is 7. The summed E-state index contributed by atoms with van der Waals surface area (Å²) in [5, 5.41) is 10.1. The predicted molar refractivity (Wildman–Crippen MR) is 104 cm³/mol. The molecule has 1 unspecified atom stereocenters. The van der Waals surface area contributed by atoms with Crippen LogP contribution in [-0.4, -0.2) is 51.6 Å². The molecule has 3 aromatic rings. The van der Waals surface area contributed by atoms with Gasteiger partial charge >= 0.3 is 0 Å². The molecule has 0 fully saturated rings. The molecule has 140 valence electrons. The van der Waals surface area contributed by atoms with Crippen LogP contribution in [0, 0.1) is 6.92 Å². The van der Waals surface area contributed by atoms with Gasteiger partial charge in [-0.1, -0.05) is 29.8 Å². The van der Waals surface area contributed by atoms with Gasteiger partial charge in [0.1, 0.15) is 11.9 Å². The molecule has 3 rings (SSSR count). The fourth-order valence-electron chi connectivity index (χ4n) is 2.96. The Labute approximate surface area is 158 Å². The maximum Gasteiger partial charge on any atom is 0.241 e. The van der Waals surface area contributed by atoms with Crippen molar-refractivity contribution in [2.24, 2.45) is 0 Å². The lowest BCUT2D eigenvalue weighted by Gasteiger charge is -2.24. The lowest BCUT2D eigenvalue weighted by Crippen LogP contribution is -2.38. The first kappa shape index (κ1) is 18.7. The molecule has 2 heterocycles. The molecule has 0 aliphatic carbocycles. The number of pyridine rings is 1. The minimum Gasteiger partial charge on any atom is -0.354 e. The van der Waals surface area contributed by atoms with Gasteiger partial charge in [0, 0.05) is 30.9 Å². The Kier molecular flexibility index (Phi) is 5.93. The molecule has 0 bridgehead atoms. The van der Waals surface area contributed by atoms with Crippen molar-refractivity contribution in [1.82, 2.24) is 30.4 Å². The molecule has 0 aliphatic rings. The zero-order valence-electron chi connectivity index (χ0n) is 15.8. The van der Waals surface area contributed by atoms with Gasteiger partial charge in [-0.3, -0.25) is 19.8 Å². The molecule has 2 aromatic heterocycles. The first-order chi connectivity index (χ1) is 13.0. The minimum absolute atomic E-state index is 0.0300. The van der Waals surface area contributed by atoms with Crippen LogP contribution in [0.5, 0.6) is 0 Å². The molecule has 1 amide bonds. The van der Waals surface area contributed by atoms with Crippen molar-refractivity contribution < 1.29 is 4.79 Å². The number of benzene rings is 1. The van der Waals surface area contributed by atoms with E-state index in [0.29, 0.717) is 18.8 Å². The van der Waals surface area contributed by atoms with Gasteiger partial charge in [-0.15, -0.1) is 0 Å². The second kappa shape index (κ2) is 8.55. The average molecular weight is 364 g/mol. The highest BCUT2D eigenvalue weighted by Crippen LogP contribution is 2.19. The molecule has 1 aromatic carbocycles. The summed E-state index contributed by atoms with van der Waals surface area (Å²) in [6.45, 7) is 2.51. The van der Waals surface area contributed by atoms with E-state index in [2.05, 4.69) is 25.5 Å². The van der Waals surface area contributed by atoms with E-state index in [9.17, 15) is 4.79 Å². The van der Waals surface area contributed by atoms with Gasteiger partial charge in [-0.05, 0) is 38.7 Å². The Morgan fingerprint density at radius 2 is 2.11 bits per heavy atom. The van der Waals surface area contributed by atoms with Crippen molar-refractivity contribution in [3.63, 3.8) is 0 Å². The topological polar surface area (TPSA) is 86.8 Å². The Morgan fingerprint density at radius 3 is 2.81 bits per heavy atom. The predicted octanol–water partition coefficient (Wildman–Crippen LogP) is 2.14. The van der Waals surface area contributed by atoms with Crippen LogP contribution in [0.25, 0.3) is 11.4 Å². The van der Waals surface area contributed by atoms with Crippen molar-refractivity contribution >= 4 is 5.91 Å². The molecule has 0 saturated carbocycles. The van der Waals surface area contributed by atoms with Crippen molar-refractivity contribution in [1.29, 1.82) is 0 Å². The van der Waals surface area contributed by atoms with E-state index >= 15 is 0 Å². The number of aromatic amines is 1. The molecule has 0 radical (unpaired) electrons. The zero-order valence-corrected chi connectivity index (χ0v) is 15.8. The summed E-state index contributed by atoms with van der Waals surface area (Å²) in [6, 6.07) is 11.4. The Balaban J connectivity index is 1.59. The number of hydrogen-bond acceptors (Lipinski definition) is 5.